The van der Waals surface area contributed by atoms with Gasteiger partial charge in [0.25, 0.3) is 0 Å². The van der Waals surface area contributed by atoms with Crippen LogP contribution in [0.3, 0.4) is 0 Å². The second-order valence-electron chi connectivity index (χ2n) is 5.98. The van der Waals surface area contributed by atoms with Crippen molar-refractivity contribution in [2.24, 2.45) is 13.5 Å². The second-order valence-corrected chi connectivity index (χ2v) is 13.6. The van der Waals surface area contributed by atoms with E-state index in [-0.39, 0.29) is 0 Å². The van der Waals surface area contributed by atoms with E-state index in [2.05, 4.69) is 70.0 Å². The van der Waals surface area contributed by atoms with Crippen molar-refractivity contribution in [3.63, 3.8) is 0 Å². The molecule has 0 bridgehead atoms. The third-order valence-electron chi connectivity index (χ3n) is 3.51. The Bertz CT molecular complexity index is 632. The summed E-state index contributed by atoms with van der Waals surface area (Å²) in [6.45, 7) is 26.2. The Morgan fingerprint density at radius 1 is 0.400 bits per heavy atom. The zero-order valence-electron chi connectivity index (χ0n) is 17.6. The average molecular weight is 471 g/mol. The van der Waals surface area contributed by atoms with Crippen LogP contribution in [0, 0.1) is 0 Å². The van der Waals surface area contributed by atoms with E-state index in [9.17, 15) is 0 Å². The van der Waals surface area contributed by atoms with E-state index in [0.29, 0.717) is 39.3 Å². The summed E-state index contributed by atoms with van der Waals surface area (Å²) >= 11 is 0. The smallest absolute Gasteiger partial charge is 0.216 e. The lowest BCUT2D eigenvalue weighted by molar-refractivity contribution is 0.951. The first-order valence-corrected chi connectivity index (χ1v) is 14.6. The minimum absolute atomic E-state index is 0.538. The van der Waals surface area contributed by atoms with Gasteiger partial charge in [0.1, 0.15) is 0 Å². The predicted molar refractivity (Wildman–Crippen MR) is 137 cm³/mol. The molecule has 0 aromatic rings. The molecule has 0 saturated carbocycles. The molecule has 0 radical (unpaired) electrons. The Morgan fingerprint density at radius 2 is 0.567 bits per heavy atom. The molecular formula is C18H36N9P3. The molecule has 9 nitrogen and oxygen atoms in total. The van der Waals surface area contributed by atoms with Crippen LogP contribution in [-0.2, 0) is 0 Å². The van der Waals surface area contributed by atoms with Crippen LogP contribution >= 0.6 is 22.5 Å². The summed E-state index contributed by atoms with van der Waals surface area (Å²) in [7, 11) is -7.81. The fraction of sp³-hybridized carbons (Fsp3) is 0.333. The zero-order chi connectivity index (χ0) is 22.3. The lowest BCUT2D eigenvalue weighted by atomic mass is 10.7. The highest BCUT2D eigenvalue weighted by Crippen LogP contribution is 2.70. The van der Waals surface area contributed by atoms with E-state index in [4.69, 9.17) is 13.5 Å². The van der Waals surface area contributed by atoms with E-state index >= 15 is 0 Å². The third kappa shape index (κ3) is 8.20. The number of nitrogens with zero attached hydrogens (tertiary/aromatic N) is 3. The van der Waals surface area contributed by atoms with Crippen molar-refractivity contribution in [1.82, 2.24) is 30.5 Å². The molecule has 0 spiro atoms. The number of rotatable bonds is 18. The Morgan fingerprint density at radius 3 is 0.700 bits per heavy atom. The molecule has 0 aliphatic carbocycles. The Kier molecular flexibility index (Phi) is 12.6. The lowest BCUT2D eigenvalue weighted by Gasteiger charge is -2.37. The van der Waals surface area contributed by atoms with Crippen LogP contribution in [0.25, 0.3) is 0 Å². The number of nitrogens with one attached hydrogen (secondary N) is 6. The molecule has 0 atom stereocenters. The van der Waals surface area contributed by atoms with Crippen LogP contribution in [0.1, 0.15) is 0 Å². The summed E-state index contributed by atoms with van der Waals surface area (Å²) in [5, 5.41) is 20.8. The van der Waals surface area contributed by atoms with E-state index in [1.807, 2.05) is 0 Å². The molecule has 0 aromatic heterocycles. The van der Waals surface area contributed by atoms with Crippen molar-refractivity contribution in [1.29, 1.82) is 0 Å². The molecule has 1 aliphatic heterocycles. The second kappa shape index (κ2) is 14.0. The first-order chi connectivity index (χ1) is 14.5. The predicted octanol–water partition coefficient (Wildman–Crippen LogP) is 4.49. The van der Waals surface area contributed by atoms with Crippen LogP contribution in [-0.4, -0.2) is 39.3 Å². The molecule has 12 heteroatoms. The lowest BCUT2D eigenvalue weighted by Crippen LogP contribution is -2.31. The molecule has 1 heterocycles. The quantitative estimate of drug-likeness (QED) is 0.130. The van der Waals surface area contributed by atoms with Gasteiger partial charge in [-0.05, 0) is 0 Å². The van der Waals surface area contributed by atoms with Crippen LogP contribution in [0.15, 0.2) is 89.5 Å². The minimum atomic E-state index is -2.60. The first-order valence-electron chi connectivity index (χ1n) is 9.56. The van der Waals surface area contributed by atoms with Gasteiger partial charge in [0.05, 0.1) is 0 Å². The van der Waals surface area contributed by atoms with Gasteiger partial charge in [0, 0.05) is 39.3 Å². The minimum Gasteiger partial charge on any atom is -0.250 e. The van der Waals surface area contributed by atoms with Crippen LogP contribution in [0.2, 0.25) is 0 Å². The summed E-state index contributed by atoms with van der Waals surface area (Å²) in [5.74, 6) is 0. The summed E-state index contributed by atoms with van der Waals surface area (Å²) in [6.07, 6.45) is 10.7. The molecule has 168 valence electrons. The molecule has 1 rings (SSSR count). The van der Waals surface area contributed by atoms with E-state index < -0.39 is 22.5 Å². The monoisotopic (exact) mass is 471 g/mol. The first kappa shape index (κ1) is 26.9. The number of hydrogen-bond acceptors (Lipinski definition) is 9. The van der Waals surface area contributed by atoms with Gasteiger partial charge in [0.15, 0.2) is 0 Å². The van der Waals surface area contributed by atoms with Crippen LogP contribution < -0.4 is 30.5 Å². The maximum atomic E-state index is 5.16. The van der Waals surface area contributed by atoms with Crippen molar-refractivity contribution >= 4 is 22.5 Å². The van der Waals surface area contributed by atoms with Gasteiger partial charge >= 0.3 is 0 Å². The summed E-state index contributed by atoms with van der Waals surface area (Å²) in [4.78, 5) is 0. The van der Waals surface area contributed by atoms with Gasteiger partial charge in [-0.25, -0.2) is 30.5 Å². The van der Waals surface area contributed by atoms with Crippen molar-refractivity contribution in [2.45, 2.75) is 0 Å². The molecule has 0 unspecified atom stereocenters. The highest BCUT2D eigenvalue weighted by Gasteiger charge is 2.36. The van der Waals surface area contributed by atoms with Gasteiger partial charge < -0.3 is 0 Å². The SMILES string of the molecule is C=CCNP1(NCC=C)=NP(NCC=C)(NCC=C)=NP(NCC=C)(NCC=C)=N1. The van der Waals surface area contributed by atoms with E-state index in [1.165, 1.54) is 0 Å². The summed E-state index contributed by atoms with van der Waals surface area (Å²) in [5.41, 5.74) is 0. The van der Waals surface area contributed by atoms with E-state index in [0.717, 1.165) is 0 Å². The Labute approximate surface area is 182 Å². The Hall–Kier alpha value is -1.11. The maximum absolute atomic E-state index is 5.16. The molecule has 0 aromatic carbocycles. The van der Waals surface area contributed by atoms with Crippen molar-refractivity contribution in [3.05, 3.63) is 75.9 Å². The molecular weight excluding hydrogens is 435 g/mol. The highest BCUT2D eigenvalue weighted by atomic mass is 31.3. The van der Waals surface area contributed by atoms with Gasteiger partial charge in [-0.1, -0.05) is 36.5 Å². The topological polar surface area (TPSA) is 109 Å². The zero-order valence-corrected chi connectivity index (χ0v) is 20.3. The van der Waals surface area contributed by atoms with Crippen molar-refractivity contribution in [2.75, 3.05) is 39.3 Å². The molecule has 0 saturated heterocycles. The molecule has 1 aliphatic rings. The van der Waals surface area contributed by atoms with Crippen molar-refractivity contribution < 1.29 is 0 Å². The van der Waals surface area contributed by atoms with Crippen LogP contribution in [0.5, 0.6) is 0 Å². The fourth-order valence-electron chi connectivity index (χ4n) is 2.31. The maximum Gasteiger partial charge on any atom is 0.216 e. The molecule has 0 fully saturated rings. The van der Waals surface area contributed by atoms with E-state index in [1.54, 1.807) is 36.5 Å². The molecule has 0 amide bonds. The summed E-state index contributed by atoms with van der Waals surface area (Å²) < 4.78 is 15.5. The highest BCUT2D eigenvalue weighted by molar-refractivity contribution is 7.83. The van der Waals surface area contributed by atoms with Gasteiger partial charge in [0.2, 0.25) is 22.5 Å². The van der Waals surface area contributed by atoms with Gasteiger partial charge in [-0.2, -0.15) is 13.5 Å². The van der Waals surface area contributed by atoms with Gasteiger partial charge in [-0.15, -0.1) is 39.5 Å². The summed E-state index contributed by atoms with van der Waals surface area (Å²) in [6, 6.07) is 0. The average Bonchev–Trinajstić information content (AvgIpc) is 2.76. The van der Waals surface area contributed by atoms with Crippen molar-refractivity contribution in [3.8, 4) is 0 Å². The third-order valence-corrected chi connectivity index (χ3v) is 13.5. The largest absolute Gasteiger partial charge is 0.250 e. The number of hydrogen-bond donors (Lipinski definition) is 6. The van der Waals surface area contributed by atoms with Gasteiger partial charge in [-0.3, -0.25) is 0 Å². The molecule has 30 heavy (non-hydrogen) atoms. The fourth-order valence-corrected chi connectivity index (χ4v) is 13.9. The normalized spacial score (nSPS) is 18.0. The Balaban J connectivity index is 3.83. The van der Waals surface area contributed by atoms with Crippen LogP contribution in [0.4, 0.5) is 0 Å². The molecule has 6 N–H and O–H groups in total. The standard InChI is InChI=1S/C18H36N9P3/c1-7-13-19-28(20-14-8-2)25-29(21-15-9-3,22-16-10-4)27-30(26-28,23-17-11-5)24-18-12-6/h7-12,19-24H,1-6,13-18H2.